The van der Waals surface area contributed by atoms with Crippen LogP contribution in [-0.2, 0) is 11.8 Å². The molecular formula is C24H18FN5O2. The van der Waals surface area contributed by atoms with E-state index in [0.717, 1.165) is 22.4 Å². The van der Waals surface area contributed by atoms with Crippen LogP contribution < -0.4 is 0 Å². The molecule has 2 aromatic carbocycles. The number of ether oxygens (including phenoxy) is 1. The number of hydrogen-bond acceptors (Lipinski definition) is 5. The summed E-state index contributed by atoms with van der Waals surface area (Å²) in [5, 5.41) is 8.07. The number of hydrogen-bond donors (Lipinski definition) is 0. The van der Waals surface area contributed by atoms with E-state index < -0.39 is 5.97 Å². The highest BCUT2D eigenvalue weighted by Gasteiger charge is 2.15. The first-order valence-electron chi connectivity index (χ1n) is 9.85. The zero-order chi connectivity index (χ0) is 22.2. The fourth-order valence-electron chi connectivity index (χ4n) is 3.70. The third-order valence-corrected chi connectivity index (χ3v) is 5.28. The molecule has 0 fully saturated rings. The molecule has 8 heteroatoms. The third kappa shape index (κ3) is 3.41. The van der Waals surface area contributed by atoms with E-state index in [9.17, 15) is 9.18 Å². The van der Waals surface area contributed by atoms with Crippen LogP contribution in [0.25, 0.3) is 39.4 Å². The molecule has 5 rings (SSSR count). The molecule has 7 nitrogen and oxygen atoms in total. The molecule has 3 aromatic heterocycles. The van der Waals surface area contributed by atoms with Gasteiger partial charge in [0.1, 0.15) is 17.8 Å². The van der Waals surface area contributed by atoms with Crippen molar-refractivity contribution in [3.63, 3.8) is 0 Å². The summed E-state index contributed by atoms with van der Waals surface area (Å²) >= 11 is 0. The lowest BCUT2D eigenvalue weighted by Crippen LogP contribution is -2.02. The Hall–Kier alpha value is -4.33. The Morgan fingerprint density at radius 2 is 1.84 bits per heavy atom. The number of fused-ring (bicyclic) bond motifs is 1. The average Bonchev–Trinajstić information content (AvgIpc) is 3.44. The molecule has 0 aliphatic heterocycles. The Balaban J connectivity index is 1.59. The molecule has 5 aromatic rings. The Labute approximate surface area is 182 Å². The summed E-state index contributed by atoms with van der Waals surface area (Å²) in [7, 11) is 3.17. The first-order valence-corrected chi connectivity index (χ1v) is 9.85. The molecule has 0 saturated heterocycles. The molecule has 0 aliphatic rings. The number of nitrogens with zero attached hydrogens (tertiary/aromatic N) is 5. The first-order chi connectivity index (χ1) is 15.5. The molecule has 0 unspecified atom stereocenters. The minimum Gasteiger partial charge on any atom is -0.465 e. The van der Waals surface area contributed by atoms with Gasteiger partial charge < -0.3 is 13.7 Å². The fourth-order valence-corrected chi connectivity index (χ4v) is 3.70. The van der Waals surface area contributed by atoms with Crippen molar-refractivity contribution in [2.75, 3.05) is 7.11 Å². The van der Waals surface area contributed by atoms with E-state index in [1.807, 2.05) is 37.5 Å². The molecule has 0 radical (unpaired) electrons. The van der Waals surface area contributed by atoms with Crippen LogP contribution in [0.1, 0.15) is 10.4 Å². The largest absolute Gasteiger partial charge is 0.465 e. The highest BCUT2D eigenvalue weighted by molar-refractivity contribution is 5.89. The highest BCUT2D eigenvalue weighted by Crippen LogP contribution is 2.33. The van der Waals surface area contributed by atoms with Crippen LogP contribution in [0.3, 0.4) is 0 Å². The van der Waals surface area contributed by atoms with Gasteiger partial charge in [0.15, 0.2) is 5.82 Å². The maximum atomic E-state index is 14.1. The molecule has 0 bridgehead atoms. The lowest BCUT2D eigenvalue weighted by Gasteiger charge is -2.10. The minimum absolute atomic E-state index is 0.343. The van der Waals surface area contributed by atoms with Gasteiger partial charge in [-0.25, -0.2) is 14.2 Å². The van der Waals surface area contributed by atoms with Gasteiger partial charge in [-0.15, -0.1) is 10.2 Å². The van der Waals surface area contributed by atoms with E-state index in [1.165, 1.54) is 19.2 Å². The van der Waals surface area contributed by atoms with Crippen LogP contribution >= 0.6 is 0 Å². The Morgan fingerprint density at radius 3 is 2.62 bits per heavy atom. The average molecular weight is 427 g/mol. The normalized spacial score (nSPS) is 11.1. The van der Waals surface area contributed by atoms with Gasteiger partial charge in [0.05, 0.1) is 18.4 Å². The van der Waals surface area contributed by atoms with Crippen LogP contribution in [0.15, 0.2) is 73.3 Å². The first kappa shape index (κ1) is 19.6. The molecule has 0 atom stereocenters. The second-order valence-electron chi connectivity index (χ2n) is 7.34. The van der Waals surface area contributed by atoms with Gasteiger partial charge in [-0.1, -0.05) is 24.3 Å². The molecule has 32 heavy (non-hydrogen) atoms. The van der Waals surface area contributed by atoms with E-state index in [-0.39, 0.29) is 5.82 Å². The van der Waals surface area contributed by atoms with Gasteiger partial charge in [0, 0.05) is 30.6 Å². The van der Waals surface area contributed by atoms with Crippen molar-refractivity contribution in [2.24, 2.45) is 7.05 Å². The predicted molar refractivity (Wildman–Crippen MR) is 117 cm³/mol. The smallest absolute Gasteiger partial charge is 0.339 e. The topological polar surface area (TPSA) is 74.3 Å². The van der Waals surface area contributed by atoms with Gasteiger partial charge in [0.2, 0.25) is 0 Å². The van der Waals surface area contributed by atoms with Gasteiger partial charge in [-0.05, 0) is 41.5 Å². The number of methoxy groups -OCH3 is 1. The van der Waals surface area contributed by atoms with Crippen LogP contribution in [0.5, 0.6) is 0 Å². The summed E-state index contributed by atoms with van der Waals surface area (Å²) in [5.74, 6) is -0.172. The zero-order valence-electron chi connectivity index (χ0n) is 17.4. The number of aromatic nitrogens is 5. The van der Waals surface area contributed by atoms with Crippen LogP contribution in [0, 0.1) is 5.82 Å². The lowest BCUT2D eigenvalue weighted by atomic mass is 9.97. The second-order valence-corrected chi connectivity index (χ2v) is 7.34. The molecule has 0 spiro atoms. The van der Waals surface area contributed by atoms with Crippen LogP contribution in [0.2, 0.25) is 0 Å². The predicted octanol–water partition coefficient (Wildman–Crippen LogP) is 4.39. The molecule has 158 valence electrons. The van der Waals surface area contributed by atoms with E-state index in [1.54, 1.807) is 39.7 Å². The standard InChI is InChI=1S/C24H18FN5O2/c1-29-14-26-28-23(29)20-11-18(25)7-8-19(20)15-4-3-5-16(10-15)21-13-30-12-17(24(31)32-2)6-9-22(30)27-21/h3-14H,1-2H3. The van der Waals surface area contributed by atoms with E-state index in [2.05, 4.69) is 15.2 Å². The number of imidazole rings is 1. The van der Waals surface area contributed by atoms with Crippen molar-refractivity contribution in [2.45, 2.75) is 0 Å². The maximum absolute atomic E-state index is 14.1. The second kappa shape index (κ2) is 7.73. The number of rotatable bonds is 4. The number of carbonyl (C=O) groups is 1. The maximum Gasteiger partial charge on any atom is 0.339 e. The third-order valence-electron chi connectivity index (χ3n) is 5.28. The molecule has 3 heterocycles. The van der Waals surface area contributed by atoms with Gasteiger partial charge in [-0.3, -0.25) is 0 Å². The Morgan fingerprint density at radius 1 is 1.00 bits per heavy atom. The van der Waals surface area contributed by atoms with Crippen molar-refractivity contribution in [1.82, 2.24) is 24.1 Å². The van der Waals surface area contributed by atoms with Crippen molar-refractivity contribution in [3.05, 3.63) is 84.7 Å². The summed E-state index contributed by atoms with van der Waals surface area (Å²) in [6, 6.07) is 15.9. The van der Waals surface area contributed by atoms with Crippen molar-refractivity contribution < 1.29 is 13.9 Å². The molecule has 0 amide bonds. The number of halogens is 1. The lowest BCUT2D eigenvalue weighted by molar-refractivity contribution is 0.0600. The number of esters is 1. The van der Waals surface area contributed by atoms with Crippen LogP contribution in [-0.4, -0.2) is 37.2 Å². The Bertz CT molecular complexity index is 1470. The SMILES string of the molecule is COC(=O)c1ccc2nc(-c3cccc(-c4ccc(F)cc4-c4nncn4C)c3)cn2c1. The number of pyridine rings is 1. The van der Waals surface area contributed by atoms with E-state index in [0.29, 0.717) is 22.6 Å². The van der Waals surface area contributed by atoms with Crippen molar-refractivity contribution in [1.29, 1.82) is 0 Å². The van der Waals surface area contributed by atoms with Gasteiger partial charge in [0.25, 0.3) is 0 Å². The highest BCUT2D eigenvalue weighted by atomic mass is 19.1. The summed E-state index contributed by atoms with van der Waals surface area (Å²) in [6.45, 7) is 0. The molecule has 0 aliphatic carbocycles. The summed E-state index contributed by atoms with van der Waals surface area (Å²) in [6.07, 6.45) is 5.13. The summed E-state index contributed by atoms with van der Waals surface area (Å²) in [4.78, 5) is 16.5. The summed E-state index contributed by atoms with van der Waals surface area (Å²) < 4.78 is 22.4. The van der Waals surface area contributed by atoms with Gasteiger partial charge in [-0.2, -0.15) is 0 Å². The Kier molecular flexibility index (Phi) is 4.74. The number of aryl methyl sites for hydroxylation is 1. The number of carbonyl (C=O) groups excluding carboxylic acids is 1. The molecular weight excluding hydrogens is 409 g/mol. The van der Waals surface area contributed by atoms with Gasteiger partial charge >= 0.3 is 5.97 Å². The van der Waals surface area contributed by atoms with E-state index >= 15 is 0 Å². The quantitative estimate of drug-likeness (QED) is 0.398. The molecule has 0 saturated carbocycles. The van der Waals surface area contributed by atoms with Crippen molar-refractivity contribution >= 4 is 11.6 Å². The van der Waals surface area contributed by atoms with E-state index in [4.69, 9.17) is 4.74 Å². The van der Waals surface area contributed by atoms with Crippen LogP contribution in [0.4, 0.5) is 4.39 Å². The summed E-state index contributed by atoms with van der Waals surface area (Å²) in [5.41, 5.74) is 5.17. The molecule has 0 N–H and O–H groups in total. The zero-order valence-corrected chi connectivity index (χ0v) is 17.4. The monoisotopic (exact) mass is 427 g/mol. The van der Waals surface area contributed by atoms with Crippen molar-refractivity contribution in [3.8, 4) is 33.8 Å². The number of benzene rings is 2. The fraction of sp³-hybridized carbons (Fsp3) is 0.0833. The minimum atomic E-state index is -0.406.